The molecule has 0 saturated carbocycles. The topological polar surface area (TPSA) is 28.2 Å². The van der Waals surface area contributed by atoms with Crippen molar-refractivity contribution >= 4 is 17.6 Å². The van der Waals surface area contributed by atoms with E-state index in [9.17, 15) is 0 Å². The molecule has 0 radical (unpaired) electrons. The lowest BCUT2D eigenvalue weighted by Gasteiger charge is -2.30. The Morgan fingerprint density at radius 2 is 2.05 bits per heavy atom. The molecule has 1 aliphatic rings. The molecule has 1 aliphatic heterocycles. The van der Waals surface area contributed by atoms with E-state index < -0.39 is 0 Å². The van der Waals surface area contributed by atoms with Crippen LogP contribution >= 0.6 is 11.8 Å². The minimum atomic E-state index is 0.936. The van der Waals surface area contributed by atoms with Crippen molar-refractivity contribution in [1.29, 1.82) is 0 Å². The molecule has 0 spiro atoms. The summed E-state index contributed by atoms with van der Waals surface area (Å²) >= 11 is 2.04. The Morgan fingerprint density at radius 3 is 2.74 bits per heavy atom. The highest BCUT2D eigenvalue weighted by Crippen LogP contribution is 2.25. The van der Waals surface area contributed by atoms with Crippen LogP contribution in [-0.4, -0.2) is 36.1 Å². The number of thioether (sulfide) groups is 1. The Morgan fingerprint density at radius 1 is 1.32 bits per heavy atom. The van der Waals surface area contributed by atoms with E-state index in [2.05, 4.69) is 37.1 Å². The van der Waals surface area contributed by atoms with Gasteiger partial charge in [0.05, 0.1) is 0 Å². The van der Waals surface area contributed by atoms with Crippen molar-refractivity contribution < 1.29 is 0 Å². The van der Waals surface area contributed by atoms with E-state index in [1.807, 2.05) is 11.8 Å². The summed E-state index contributed by atoms with van der Waals surface area (Å²) in [7, 11) is 0. The van der Waals surface area contributed by atoms with Crippen LogP contribution < -0.4 is 10.2 Å². The van der Waals surface area contributed by atoms with Crippen LogP contribution in [0.4, 0.5) is 5.82 Å². The average Bonchev–Trinajstić information content (AvgIpc) is 2.42. The summed E-state index contributed by atoms with van der Waals surface area (Å²) in [5.41, 5.74) is 3.88. The van der Waals surface area contributed by atoms with E-state index in [1.54, 1.807) is 0 Å². The van der Waals surface area contributed by atoms with Crippen LogP contribution in [-0.2, 0) is 6.54 Å². The van der Waals surface area contributed by atoms with Gasteiger partial charge in [0, 0.05) is 42.4 Å². The molecule has 4 heteroatoms. The van der Waals surface area contributed by atoms with Gasteiger partial charge in [0.25, 0.3) is 0 Å². The molecule has 2 heterocycles. The van der Waals surface area contributed by atoms with Crippen LogP contribution in [0.1, 0.15) is 30.2 Å². The van der Waals surface area contributed by atoms with Crippen LogP contribution in [0.5, 0.6) is 0 Å². The van der Waals surface area contributed by atoms with Gasteiger partial charge in [-0.3, -0.25) is 0 Å². The van der Waals surface area contributed by atoms with Crippen molar-refractivity contribution in [3.05, 3.63) is 22.9 Å². The summed E-state index contributed by atoms with van der Waals surface area (Å²) < 4.78 is 0. The molecular weight excluding hydrogens is 254 g/mol. The van der Waals surface area contributed by atoms with Gasteiger partial charge in [-0.2, -0.15) is 11.8 Å². The number of nitrogens with one attached hydrogen (secondary N) is 1. The lowest BCUT2D eigenvalue weighted by Crippen LogP contribution is -2.34. The van der Waals surface area contributed by atoms with E-state index in [0.29, 0.717) is 0 Å². The highest BCUT2D eigenvalue weighted by Gasteiger charge is 2.17. The fourth-order valence-corrected chi connectivity index (χ4v) is 3.39. The zero-order valence-corrected chi connectivity index (χ0v) is 13.1. The molecule has 1 aromatic rings. The van der Waals surface area contributed by atoms with E-state index in [-0.39, 0.29) is 0 Å². The fourth-order valence-electron chi connectivity index (χ4n) is 2.49. The molecule has 2 rings (SSSR count). The first kappa shape index (κ1) is 14.7. The maximum absolute atomic E-state index is 4.81. The van der Waals surface area contributed by atoms with E-state index >= 15 is 0 Å². The lowest BCUT2D eigenvalue weighted by molar-refractivity contribution is 0.667. The predicted molar refractivity (Wildman–Crippen MR) is 85.2 cm³/mol. The fraction of sp³-hybridized carbons (Fsp3) is 0.667. The zero-order chi connectivity index (χ0) is 13.7. The van der Waals surface area contributed by atoms with Gasteiger partial charge in [0.1, 0.15) is 5.82 Å². The highest BCUT2D eigenvalue weighted by atomic mass is 32.2. The van der Waals surface area contributed by atoms with Gasteiger partial charge >= 0.3 is 0 Å². The van der Waals surface area contributed by atoms with Gasteiger partial charge in [-0.1, -0.05) is 6.92 Å². The Balaban J connectivity index is 2.22. The zero-order valence-electron chi connectivity index (χ0n) is 12.3. The van der Waals surface area contributed by atoms with Crippen molar-refractivity contribution in [3.63, 3.8) is 0 Å². The summed E-state index contributed by atoms with van der Waals surface area (Å²) in [6, 6.07) is 2.20. The predicted octanol–water partition coefficient (Wildman–Crippen LogP) is 2.75. The molecule has 3 nitrogen and oxygen atoms in total. The second-order valence-electron chi connectivity index (χ2n) is 5.16. The number of hydrogen-bond acceptors (Lipinski definition) is 4. The van der Waals surface area contributed by atoms with Gasteiger partial charge in [-0.25, -0.2) is 4.98 Å². The summed E-state index contributed by atoms with van der Waals surface area (Å²) in [4.78, 5) is 7.27. The smallest absolute Gasteiger partial charge is 0.133 e. The molecule has 1 saturated heterocycles. The largest absolute Gasteiger partial charge is 0.355 e. The lowest BCUT2D eigenvalue weighted by atomic mass is 10.1. The Bertz CT molecular complexity index is 414. The first-order chi connectivity index (χ1) is 9.22. The number of aryl methyl sites for hydroxylation is 2. The van der Waals surface area contributed by atoms with Crippen LogP contribution in [0.2, 0.25) is 0 Å². The highest BCUT2D eigenvalue weighted by molar-refractivity contribution is 7.99. The van der Waals surface area contributed by atoms with E-state index in [1.165, 1.54) is 34.9 Å². The Labute approximate surface area is 121 Å². The van der Waals surface area contributed by atoms with Gasteiger partial charge in [-0.05, 0) is 38.4 Å². The normalized spacial score (nSPS) is 15.8. The molecule has 1 fully saturated rings. The first-order valence-electron chi connectivity index (χ1n) is 7.23. The van der Waals surface area contributed by atoms with E-state index in [4.69, 9.17) is 4.98 Å². The first-order valence-corrected chi connectivity index (χ1v) is 8.38. The second kappa shape index (κ2) is 7.15. The maximum Gasteiger partial charge on any atom is 0.133 e. The van der Waals surface area contributed by atoms with Crippen molar-refractivity contribution in [3.8, 4) is 0 Å². The monoisotopic (exact) mass is 279 g/mol. The van der Waals surface area contributed by atoms with Crippen LogP contribution in [0.15, 0.2) is 6.07 Å². The number of hydrogen-bond donors (Lipinski definition) is 1. The number of aromatic nitrogens is 1. The van der Waals surface area contributed by atoms with Crippen LogP contribution in [0.3, 0.4) is 0 Å². The van der Waals surface area contributed by atoms with Crippen molar-refractivity contribution in [2.24, 2.45) is 0 Å². The van der Waals surface area contributed by atoms with Gasteiger partial charge in [-0.15, -0.1) is 0 Å². The standard InChI is InChI=1S/C15H25N3S/c1-4-5-16-11-14-12(2)10-13(3)17-15(14)18-6-8-19-9-7-18/h10,16H,4-9,11H2,1-3H3. The molecule has 0 atom stereocenters. The molecule has 19 heavy (non-hydrogen) atoms. The van der Waals surface area contributed by atoms with Gasteiger partial charge in [0.15, 0.2) is 0 Å². The molecular formula is C15H25N3S. The van der Waals surface area contributed by atoms with Crippen molar-refractivity contribution in [1.82, 2.24) is 10.3 Å². The average molecular weight is 279 g/mol. The third-order valence-electron chi connectivity index (χ3n) is 3.49. The molecule has 0 amide bonds. The number of rotatable bonds is 5. The van der Waals surface area contributed by atoms with Crippen molar-refractivity contribution in [2.45, 2.75) is 33.7 Å². The van der Waals surface area contributed by atoms with Gasteiger partial charge in [0.2, 0.25) is 0 Å². The van der Waals surface area contributed by atoms with Crippen LogP contribution in [0.25, 0.3) is 0 Å². The number of anilines is 1. The van der Waals surface area contributed by atoms with Crippen molar-refractivity contribution in [2.75, 3.05) is 36.0 Å². The quantitative estimate of drug-likeness (QED) is 0.839. The Hall–Kier alpha value is -0.740. The van der Waals surface area contributed by atoms with Gasteiger partial charge < -0.3 is 10.2 Å². The maximum atomic E-state index is 4.81. The van der Waals surface area contributed by atoms with Crippen LogP contribution in [0, 0.1) is 13.8 Å². The Kier molecular flexibility index (Phi) is 5.52. The molecule has 0 aromatic carbocycles. The molecule has 0 aliphatic carbocycles. The summed E-state index contributed by atoms with van der Waals surface area (Å²) in [5.74, 6) is 3.65. The summed E-state index contributed by atoms with van der Waals surface area (Å²) in [6.07, 6.45) is 1.17. The molecule has 0 unspecified atom stereocenters. The minimum absolute atomic E-state index is 0.936. The summed E-state index contributed by atoms with van der Waals surface area (Å²) in [6.45, 7) is 10.8. The van der Waals surface area contributed by atoms with E-state index in [0.717, 1.165) is 31.9 Å². The molecule has 1 N–H and O–H groups in total. The second-order valence-corrected chi connectivity index (χ2v) is 6.38. The third kappa shape index (κ3) is 3.86. The molecule has 1 aromatic heterocycles. The summed E-state index contributed by atoms with van der Waals surface area (Å²) in [5, 5.41) is 3.52. The SMILES string of the molecule is CCCNCc1c(C)cc(C)nc1N1CCSCC1. The molecule has 0 bridgehead atoms. The number of nitrogens with zero attached hydrogens (tertiary/aromatic N) is 2. The minimum Gasteiger partial charge on any atom is -0.355 e. The number of pyridine rings is 1. The third-order valence-corrected chi connectivity index (χ3v) is 4.44. The molecule has 106 valence electrons.